The van der Waals surface area contributed by atoms with E-state index in [2.05, 4.69) is 17.2 Å². The molecule has 1 aromatic rings. The number of aliphatic imine (C=N–C) groups is 1. The Bertz CT molecular complexity index is 373. The Morgan fingerprint density at radius 3 is 3.12 bits per heavy atom. The summed E-state index contributed by atoms with van der Waals surface area (Å²) in [5.41, 5.74) is 0. The highest BCUT2D eigenvalue weighted by atomic mass is 32.2. The summed E-state index contributed by atoms with van der Waals surface area (Å²) in [6, 6.07) is 4.56. The minimum atomic E-state index is 0.596. The van der Waals surface area contributed by atoms with E-state index < -0.39 is 0 Å². The van der Waals surface area contributed by atoms with Gasteiger partial charge in [-0.3, -0.25) is 4.99 Å². The third-order valence-corrected chi connectivity index (χ3v) is 3.66. The summed E-state index contributed by atoms with van der Waals surface area (Å²) in [6.07, 6.45) is 2.40. The Morgan fingerprint density at radius 1 is 1.56 bits per heavy atom. The fourth-order valence-corrected chi connectivity index (χ4v) is 2.71. The van der Waals surface area contributed by atoms with Gasteiger partial charge >= 0.3 is 0 Å². The van der Waals surface area contributed by atoms with Crippen LogP contribution in [0.15, 0.2) is 21.5 Å². The van der Waals surface area contributed by atoms with Crippen LogP contribution >= 0.6 is 11.8 Å². The number of rotatable bonds is 3. The maximum Gasteiger partial charge on any atom is 0.157 e. The van der Waals surface area contributed by atoms with E-state index in [-0.39, 0.29) is 0 Å². The van der Waals surface area contributed by atoms with Gasteiger partial charge in [-0.05, 0) is 31.9 Å². The lowest BCUT2D eigenvalue weighted by Gasteiger charge is -2.24. The number of aryl methyl sites for hydroxylation is 1. The van der Waals surface area contributed by atoms with Crippen LogP contribution in [0.2, 0.25) is 0 Å². The lowest BCUT2D eigenvalue weighted by molar-refractivity contribution is 0.485. The van der Waals surface area contributed by atoms with Crippen LogP contribution in [-0.4, -0.2) is 17.0 Å². The van der Waals surface area contributed by atoms with Gasteiger partial charge in [-0.1, -0.05) is 18.7 Å². The second-order valence-corrected chi connectivity index (χ2v) is 5.10. The van der Waals surface area contributed by atoms with Crippen molar-refractivity contribution in [3.8, 4) is 0 Å². The lowest BCUT2D eigenvalue weighted by Crippen LogP contribution is -2.37. The van der Waals surface area contributed by atoms with Crippen molar-refractivity contribution in [2.75, 3.05) is 5.75 Å². The molecular formula is C12H18N2OS. The third-order valence-electron chi connectivity index (χ3n) is 2.70. The molecule has 1 aliphatic heterocycles. The summed E-state index contributed by atoms with van der Waals surface area (Å²) >= 11 is 1.81. The van der Waals surface area contributed by atoms with Gasteiger partial charge in [-0.25, -0.2) is 0 Å². The Kier molecular flexibility index (Phi) is 3.93. The fraction of sp³-hybridized carbons (Fsp3) is 0.583. The second kappa shape index (κ2) is 5.43. The first kappa shape index (κ1) is 11.6. The molecular weight excluding hydrogens is 220 g/mol. The van der Waals surface area contributed by atoms with Crippen molar-refractivity contribution >= 4 is 16.9 Å². The number of furan rings is 1. The van der Waals surface area contributed by atoms with E-state index >= 15 is 0 Å². The largest absolute Gasteiger partial charge is 0.464 e. The molecule has 0 aliphatic carbocycles. The van der Waals surface area contributed by atoms with Gasteiger partial charge in [0.2, 0.25) is 0 Å². The van der Waals surface area contributed by atoms with Crippen molar-refractivity contribution in [2.24, 2.45) is 4.99 Å². The molecule has 1 fully saturated rings. The smallest absolute Gasteiger partial charge is 0.157 e. The SMILES string of the molecule is CCC1CCSC(=NCc2ccc(C)o2)N1. The Hall–Kier alpha value is -0.900. The molecule has 1 N–H and O–H groups in total. The molecule has 1 saturated heterocycles. The fourth-order valence-electron chi connectivity index (χ4n) is 1.70. The molecule has 0 amide bonds. The van der Waals surface area contributed by atoms with E-state index in [1.165, 1.54) is 18.6 Å². The molecule has 1 aliphatic rings. The van der Waals surface area contributed by atoms with Crippen LogP contribution in [0.1, 0.15) is 31.3 Å². The predicted molar refractivity (Wildman–Crippen MR) is 68.9 cm³/mol. The molecule has 1 aromatic heterocycles. The Balaban J connectivity index is 1.91. The molecule has 2 rings (SSSR count). The highest BCUT2D eigenvalue weighted by Gasteiger charge is 2.15. The first-order valence-corrected chi connectivity index (χ1v) is 6.75. The summed E-state index contributed by atoms with van der Waals surface area (Å²) in [6.45, 7) is 4.80. The van der Waals surface area contributed by atoms with E-state index in [1.54, 1.807) is 11.8 Å². The highest BCUT2D eigenvalue weighted by molar-refractivity contribution is 8.13. The molecule has 4 heteroatoms. The number of nitrogens with one attached hydrogen (secondary N) is 1. The molecule has 0 radical (unpaired) electrons. The molecule has 0 bridgehead atoms. The number of amidine groups is 1. The van der Waals surface area contributed by atoms with Crippen molar-refractivity contribution in [1.29, 1.82) is 0 Å². The van der Waals surface area contributed by atoms with Crippen LogP contribution in [-0.2, 0) is 6.54 Å². The quantitative estimate of drug-likeness (QED) is 0.879. The standard InChI is InChI=1S/C12H18N2OS/c1-3-10-6-7-16-12(14-10)13-8-11-5-4-9(2)15-11/h4-5,10H,3,6-8H2,1-2H3,(H,13,14). The zero-order chi connectivity index (χ0) is 11.4. The van der Waals surface area contributed by atoms with Crippen molar-refractivity contribution in [1.82, 2.24) is 5.32 Å². The van der Waals surface area contributed by atoms with Crippen LogP contribution in [0.3, 0.4) is 0 Å². The van der Waals surface area contributed by atoms with E-state index in [1.807, 2.05) is 19.1 Å². The normalized spacial score (nSPS) is 23.4. The molecule has 2 heterocycles. The maximum absolute atomic E-state index is 5.48. The molecule has 0 saturated carbocycles. The number of hydrogen-bond acceptors (Lipinski definition) is 3. The van der Waals surface area contributed by atoms with Crippen molar-refractivity contribution in [3.63, 3.8) is 0 Å². The molecule has 0 spiro atoms. The summed E-state index contributed by atoms with van der Waals surface area (Å²) < 4.78 is 5.48. The van der Waals surface area contributed by atoms with Crippen molar-refractivity contribution < 1.29 is 4.42 Å². The number of thioether (sulfide) groups is 1. The Morgan fingerprint density at radius 2 is 2.44 bits per heavy atom. The van der Waals surface area contributed by atoms with Gasteiger partial charge < -0.3 is 9.73 Å². The molecule has 16 heavy (non-hydrogen) atoms. The van der Waals surface area contributed by atoms with Gasteiger partial charge in [0.15, 0.2) is 5.17 Å². The van der Waals surface area contributed by atoms with Gasteiger partial charge in [-0.15, -0.1) is 0 Å². The first-order chi connectivity index (χ1) is 7.78. The molecule has 3 nitrogen and oxygen atoms in total. The van der Waals surface area contributed by atoms with Crippen molar-refractivity contribution in [2.45, 2.75) is 39.3 Å². The van der Waals surface area contributed by atoms with Crippen LogP contribution < -0.4 is 5.32 Å². The van der Waals surface area contributed by atoms with Crippen LogP contribution in [0.25, 0.3) is 0 Å². The summed E-state index contributed by atoms with van der Waals surface area (Å²) in [4.78, 5) is 4.54. The average molecular weight is 238 g/mol. The highest BCUT2D eigenvalue weighted by Crippen LogP contribution is 2.16. The van der Waals surface area contributed by atoms with Gasteiger partial charge in [0.05, 0.1) is 6.54 Å². The van der Waals surface area contributed by atoms with Crippen LogP contribution in [0.4, 0.5) is 0 Å². The minimum Gasteiger partial charge on any atom is -0.464 e. The van der Waals surface area contributed by atoms with Crippen LogP contribution in [0, 0.1) is 6.92 Å². The topological polar surface area (TPSA) is 37.5 Å². The van der Waals surface area contributed by atoms with Gasteiger partial charge in [0.25, 0.3) is 0 Å². The van der Waals surface area contributed by atoms with Gasteiger partial charge in [0, 0.05) is 11.8 Å². The summed E-state index contributed by atoms with van der Waals surface area (Å²) in [5, 5.41) is 4.51. The van der Waals surface area contributed by atoms with Crippen LogP contribution in [0.5, 0.6) is 0 Å². The van der Waals surface area contributed by atoms with Gasteiger partial charge in [-0.2, -0.15) is 0 Å². The Labute approximate surface area is 101 Å². The number of hydrogen-bond donors (Lipinski definition) is 1. The van der Waals surface area contributed by atoms with E-state index in [4.69, 9.17) is 4.42 Å². The summed E-state index contributed by atoms with van der Waals surface area (Å²) in [5.74, 6) is 3.05. The van der Waals surface area contributed by atoms with Gasteiger partial charge in [0.1, 0.15) is 11.5 Å². The van der Waals surface area contributed by atoms with E-state index in [9.17, 15) is 0 Å². The second-order valence-electron chi connectivity index (χ2n) is 4.02. The zero-order valence-electron chi connectivity index (χ0n) is 9.82. The predicted octanol–water partition coefficient (Wildman–Crippen LogP) is 2.95. The molecule has 0 aromatic carbocycles. The summed E-state index contributed by atoms with van der Waals surface area (Å²) in [7, 11) is 0. The molecule has 88 valence electrons. The maximum atomic E-state index is 5.48. The minimum absolute atomic E-state index is 0.596. The third kappa shape index (κ3) is 3.04. The lowest BCUT2D eigenvalue weighted by atomic mass is 10.2. The molecule has 1 unspecified atom stereocenters. The van der Waals surface area contributed by atoms with Crippen molar-refractivity contribution in [3.05, 3.63) is 23.7 Å². The first-order valence-electron chi connectivity index (χ1n) is 5.77. The van der Waals surface area contributed by atoms with E-state index in [0.29, 0.717) is 12.6 Å². The molecule has 1 atom stereocenters. The monoisotopic (exact) mass is 238 g/mol. The number of nitrogens with zero attached hydrogens (tertiary/aromatic N) is 1. The van der Waals surface area contributed by atoms with E-state index in [0.717, 1.165) is 16.7 Å². The zero-order valence-corrected chi connectivity index (χ0v) is 10.6. The average Bonchev–Trinajstić information content (AvgIpc) is 2.73.